The fourth-order valence-corrected chi connectivity index (χ4v) is 3.37. The van der Waals surface area contributed by atoms with E-state index in [9.17, 15) is 9.90 Å². The highest BCUT2D eigenvalue weighted by Gasteiger charge is 2.43. The summed E-state index contributed by atoms with van der Waals surface area (Å²) < 4.78 is 12.9. The number of esters is 1. The molecule has 0 amide bonds. The number of hydrogen-bond acceptors (Lipinski definition) is 8. The number of aliphatic hydroxyl groups is 1. The van der Waals surface area contributed by atoms with E-state index in [-0.39, 0.29) is 23.6 Å². The van der Waals surface area contributed by atoms with E-state index in [1.807, 2.05) is 13.0 Å². The lowest BCUT2D eigenvalue weighted by atomic mass is 10.0. The first kappa shape index (κ1) is 18.6. The van der Waals surface area contributed by atoms with Crippen LogP contribution in [0.15, 0.2) is 36.7 Å². The molecule has 1 aliphatic heterocycles. The Morgan fingerprint density at radius 2 is 2.11 bits per heavy atom. The molecule has 3 N–H and O–H groups in total. The summed E-state index contributed by atoms with van der Waals surface area (Å²) in [5.41, 5.74) is 7.00. The van der Waals surface area contributed by atoms with E-state index in [0.717, 1.165) is 0 Å². The molecule has 9 nitrogen and oxygen atoms in total. The number of nitrogen functional groups attached to an aromatic ring is 1. The molecule has 4 atom stereocenters. The van der Waals surface area contributed by atoms with Gasteiger partial charge in [-0.3, -0.25) is 4.57 Å². The second kappa shape index (κ2) is 7.34. The van der Waals surface area contributed by atoms with Crippen LogP contribution in [0.3, 0.4) is 0 Å². The summed E-state index contributed by atoms with van der Waals surface area (Å²) in [6, 6.07) is 8.68. The number of hydrogen-bond donors (Lipinski definition) is 2. The molecular formula is C18H18ClN5O4. The van der Waals surface area contributed by atoms with Gasteiger partial charge in [0.25, 0.3) is 0 Å². The minimum Gasteiger partial charge on any atom is -0.459 e. The number of benzene rings is 1. The molecule has 2 aromatic heterocycles. The maximum Gasteiger partial charge on any atom is 0.338 e. The average molecular weight is 404 g/mol. The van der Waals surface area contributed by atoms with Gasteiger partial charge >= 0.3 is 5.97 Å². The predicted molar refractivity (Wildman–Crippen MR) is 101 cm³/mol. The number of aromatic nitrogens is 4. The van der Waals surface area contributed by atoms with Crippen molar-refractivity contribution in [1.29, 1.82) is 0 Å². The summed E-state index contributed by atoms with van der Waals surface area (Å²) in [6.45, 7) is 1.83. The molecule has 1 saturated heterocycles. The number of carbonyl (C=O) groups is 1. The van der Waals surface area contributed by atoms with Crippen molar-refractivity contribution < 1.29 is 19.4 Å². The maximum absolute atomic E-state index is 12.1. The molecule has 1 fully saturated rings. The smallest absolute Gasteiger partial charge is 0.338 e. The lowest BCUT2D eigenvalue weighted by Gasteiger charge is -2.17. The Morgan fingerprint density at radius 3 is 2.86 bits per heavy atom. The van der Waals surface area contributed by atoms with E-state index < -0.39 is 24.4 Å². The van der Waals surface area contributed by atoms with E-state index in [0.29, 0.717) is 16.7 Å². The maximum atomic E-state index is 12.1. The summed E-state index contributed by atoms with van der Waals surface area (Å²) in [6.07, 6.45) is -0.677. The van der Waals surface area contributed by atoms with E-state index in [1.54, 1.807) is 28.8 Å². The first-order valence-electron chi connectivity index (χ1n) is 8.67. The SMILES string of the molecule is CC1[C@@H](COC(=O)c2ccccc2)O[C@@H](n2cnc3c(N)nc(Cl)nc32)[C@H]1O. The number of halogens is 1. The van der Waals surface area contributed by atoms with Gasteiger partial charge in [0.1, 0.15) is 18.2 Å². The molecule has 0 radical (unpaired) electrons. The number of carbonyl (C=O) groups excluding carboxylic acids is 1. The number of nitrogens with zero attached hydrogens (tertiary/aromatic N) is 4. The normalized spacial score (nSPS) is 24.5. The van der Waals surface area contributed by atoms with Crippen molar-refractivity contribution >= 4 is 34.6 Å². The van der Waals surface area contributed by atoms with Crippen LogP contribution in [0, 0.1) is 5.92 Å². The molecule has 4 rings (SSSR count). The molecule has 1 unspecified atom stereocenters. The third-order valence-corrected chi connectivity index (χ3v) is 4.98. The number of imidazole rings is 1. The topological polar surface area (TPSA) is 125 Å². The van der Waals surface area contributed by atoms with Gasteiger partial charge in [-0.15, -0.1) is 0 Å². The molecule has 10 heteroatoms. The monoisotopic (exact) mass is 403 g/mol. The lowest BCUT2D eigenvalue weighted by molar-refractivity contribution is -0.0539. The van der Waals surface area contributed by atoms with E-state index in [4.69, 9.17) is 26.8 Å². The van der Waals surface area contributed by atoms with Crippen molar-refractivity contribution in [3.8, 4) is 0 Å². The molecule has 0 saturated carbocycles. The highest BCUT2D eigenvalue weighted by atomic mass is 35.5. The van der Waals surface area contributed by atoms with Crippen LogP contribution < -0.4 is 5.73 Å². The van der Waals surface area contributed by atoms with Crippen LogP contribution in [0.2, 0.25) is 5.28 Å². The summed E-state index contributed by atoms with van der Waals surface area (Å²) in [4.78, 5) is 24.3. The number of fused-ring (bicyclic) bond motifs is 1. The third-order valence-electron chi connectivity index (χ3n) is 4.81. The Labute approximate surface area is 165 Å². The predicted octanol–water partition coefficient (Wildman–Crippen LogP) is 1.81. The zero-order valence-corrected chi connectivity index (χ0v) is 15.7. The van der Waals surface area contributed by atoms with Crippen LogP contribution >= 0.6 is 11.6 Å². The standard InChI is InChI=1S/C18H18ClN5O4/c1-9-11(7-27-17(26)10-5-3-2-4-6-10)28-16(13(9)25)24-8-21-12-14(20)22-18(19)23-15(12)24/h2-6,8-9,11,13,16,25H,7H2,1H3,(H2,20,22,23)/t9?,11-,13+,16-/m1/s1. The number of ether oxygens (including phenoxy) is 2. The van der Waals surface area contributed by atoms with Crippen LogP contribution in [0.4, 0.5) is 5.82 Å². The molecule has 1 aromatic carbocycles. The zero-order chi connectivity index (χ0) is 19.8. The van der Waals surface area contributed by atoms with Crippen molar-refractivity contribution in [1.82, 2.24) is 19.5 Å². The fraction of sp³-hybridized carbons (Fsp3) is 0.333. The van der Waals surface area contributed by atoms with Crippen LogP contribution in [0.25, 0.3) is 11.2 Å². The van der Waals surface area contributed by atoms with Crippen molar-refractivity contribution in [2.75, 3.05) is 12.3 Å². The largest absolute Gasteiger partial charge is 0.459 e. The molecule has 28 heavy (non-hydrogen) atoms. The molecule has 3 aromatic rings. The Morgan fingerprint density at radius 1 is 1.36 bits per heavy atom. The van der Waals surface area contributed by atoms with E-state index in [1.165, 1.54) is 6.33 Å². The van der Waals surface area contributed by atoms with Crippen molar-refractivity contribution in [2.45, 2.75) is 25.4 Å². The second-order valence-electron chi connectivity index (χ2n) is 6.58. The van der Waals surface area contributed by atoms with E-state index >= 15 is 0 Å². The van der Waals surface area contributed by atoms with Crippen molar-refractivity contribution in [3.63, 3.8) is 0 Å². The van der Waals surface area contributed by atoms with Gasteiger partial charge in [0.2, 0.25) is 5.28 Å². The highest BCUT2D eigenvalue weighted by Crippen LogP contribution is 2.36. The van der Waals surface area contributed by atoms with Gasteiger partial charge in [-0.1, -0.05) is 25.1 Å². The number of aliphatic hydroxyl groups excluding tert-OH is 1. The van der Waals surface area contributed by atoms with Crippen LogP contribution in [-0.4, -0.2) is 49.4 Å². The molecule has 0 spiro atoms. The van der Waals surface area contributed by atoms with Gasteiger partial charge in [0.15, 0.2) is 17.7 Å². The molecular weight excluding hydrogens is 386 g/mol. The lowest BCUT2D eigenvalue weighted by Crippen LogP contribution is -2.27. The van der Waals surface area contributed by atoms with Gasteiger partial charge in [-0.2, -0.15) is 9.97 Å². The van der Waals surface area contributed by atoms with Gasteiger partial charge in [0.05, 0.1) is 18.0 Å². The summed E-state index contributed by atoms with van der Waals surface area (Å²) in [5, 5.41) is 10.6. The number of anilines is 1. The number of nitrogens with two attached hydrogens (primary N) is 1. The molecule has 146 valence electrons. The first-order chi connectivity index (χ1) is 13.5. The second-order valence-corrected chi connectivity index (χ2v) is 6.92. The molecule has 0 bridgehead atoms. The van der Waals surface area contributed by atoms with Crippen LogP contribution in [-0.2, 0) is 9.47 Å². The molecule has 1 aliphatic rings. The van der Waals surface area contributed by atoms with Crippen LogP contribution in [0.1, 0.15) is 23.5 Å². The van der Waals surface area contributed by atoms with Gasteiger partial charge < -0.3 is 20.3 Å². The Hall–Kier alpha value is -2.75. The Kier molecular flexibility index (Phi) is 4.88. The minimum atomic E-state index is -0.868. The third kappa shape index (κ3) is 3.28. The van der Waals surface area contributed by atoms with E-state index in [2.05, 4.69) is 15.0 Å². The first-order valence-corrected chi connectivity index (χ1v) is 9.04. The minimum absolute atomic E-state index is 0.00691. The van der Waals surface area contributed by atoms with Crippen molar-refractivity contribution in [3.05, 3.63) is 47.5 Å². The van der Waals surface area contributed by atoms with Gasteiger partial charge in [0, 0.05) is 5.92 Å². The summed E-state index contributed by atoms with van der Waals surface area (Å²) in [5.74, 6) is -0.599. The Bertz CT molecular complexity index is 1010. The quantitative estimate of drug-likeness (QED) is 0.499. The van der Waals surface area contributed by atoms with Crippen LogP contribution in [0.5, 0.6) is 0 Å². The number of rotatable bonds is 4. The summed E-state index contributed by atoms with van der Waals surface area (Å²) >= 11 is 5.89. The zero-order valence-electron chi connectivity index (χ0n) is 14.9. The average Bonchev–Trinajstić information content (AvgIpc) is 3.22. The Balaban J connectivity index is 1.51. The van der Waals surface area contributed by atoms with Gasteiger partial charge in [-0.05, 0) is 23.7 Å². The molecule has 3 heterocycles. The van der Waals surface area contributed by atoms with Gasteiger partial charge in [-0.25, -0.2) is 9.78 Å². The fourth-order valence-electron chi connectivity index (χ4n) is 3.20. The molecule has 0 aliphatic carbocycles. The van der Waals surface area contributed by atoms with Crippen molar-refractivity contribution in [2.24, 2.45) is 5.92 Å². The highest BCUT2D eigenvalue weighted by molar-refractivity contribution is 6.28. The summed E-state index contributed by atoms with van der Waals surface area (Å²) in [7, 11) is 0.